The van der Waals surface area contributed by atoms with E-state index >= 15 is 0 Å². The normalized spacial score (nSPS) is 9.29. The first kappa shape index (κ1) is 12.5. The van der Waals surface area contributed by atoms with Crippen LogP contribution in [0.1, 0.15) is 12.8 Å². The maximum absolute atomic E-state index is 10.9. The number of nitrogens with two attached hydrogens (primary N) is 2. The third-order valence-corrected chi connectivity index (χ3v) is 1.25. The largest absolute Gasteiger partial charge is 0.330 e. The van der Waals surface area contributed by atoms with E-state index in [1.807, 2.05) is 10.6 Å². The molecule has 0 spiro atoms. The van der Waals surface area contributed by atoms with Crippen molar-refractivity contribution in [3.63, 3.8) is 0 Å². The minimum absolute atomic E-state index is 0.0402. The lowest BCUT2D eigenvalue weighted by Gasteiger charge is -2.03. The lowest BCUT2D eigenvalue weighted by Crippen LogP contribution is -2.43. The summed E-state index contributed by atoms with van der Waals surface area (Å²) in [6, 6.07) is -0.845. The fourth-order valence-corrected chi connectivity index (χ4v) is 0.672. The van der Waals surface area contributed by atoms with Crippen LogP contribution in [0.2, 0.25) is 0 Å². The lowest BCUT2D eigenvalue weighted by molar-refractivity contribution is -0.120. The zero-order valence-electron chi connectivity index (χ0n) is 7.71. The van der Waals surface area contributed by atoms with Gasteiger partial charge >= 0.3 is 6.03 Å². The standard InChI is InChI=1S/C7H14N4O3/c8-3-1-5(12)10-7(14)11-6(13)2-4-9/h1-4,8-9H2,(H2,10,11,12,13,14). The maximum atomic E-state index is 10.9. The van der Waals surface area contributed by atoms with Gasteiger partial charge < -0.3 is 11.5 Å². The third kappa shape index (κ3) is 6.09. The maximum Gasteiger partial charge on any atom is 0.328 e. The first-order chi connectivity index (χ1) is 6.60. The van der Waals surface area contributed by atoms with Gasteiger partial charge in [-0.1, -0.05) is 0 Å². The molecule has 0 fully saturated rings. The van der Waals surface area contributed by atoms with Crippen LogP contribution in [0.15, 0.2) is 0 Å². The van der Waals surface area contributed by atoms with Gasteiger partial charge in [-0.15, -0.1) is 0 Å². The summed E-state index contributed by atoms with van der Waals surface area (Å²) in [7, 11) is 0. The van der Waals surface area contributed by atoms with E-state index in [-0.39, 0.29) is 25.9 Å². The SMILES string of the molecule is NCCC(=O)NC(=O)NC(=O)CCN. The highest BCUT2D eigenvalue weighted by atomic mass is 16.2. The summed E-state index contributed by atoms with van der Waals surface area (Å²) < 4.78 is 0. The Kier molecular flexibility index (Phi) is 6.25. The number of urea groups is 1. The number of rotatable bonds is 4. The molecule has 0 aromatic carbocycles. The number of hydrogen-bond donors (Lipinski definition) is 4. The van der Waals surface area contributed by atoms with Gasteiger partial charge in [0.05, 0.1) is 0 Å². The van der Waals surface area contributed by atoms with Crippen molar-refractivity contribution < 1.29 is 14.4 Å². The number of hydrogen-bond acceptors (Lipinski definition) is 5. The Morgan fingerprint density at radius 3 is 1.50 bits per heavy atom. The molecular formula is C7H14N4O3. The van der Waals surface area contributed by atoms with Gasteiger partial charge in [0, 0.05) is 25.9 Å². The average molecular weight is 202 g/mol. The molecular weight excluding hydrogens is 188 g/mol. The van der Waals surface area contributed by atoms with Crippen LogP contribution in [0.3, 0.4) is 0 Å². The zero-order valence-corrected chi connectivity index (χ0v) is 7.71. The summed E-state index contributed by atoms with van der Waals surface area (Å²) in [6.07, 6.45) is 0.0804. The molecule has 0 aliphatic rings. The molecule has 0 aliphatic heterocycles. The highest BCUT2D eigenvalue weighted by Gasteiger charge is 2.09. The average Bonchev–Trinajstić information content (AvgIpc) is 2.03. The van der Waals surface area contributed by atoms with E-state index in [1.54, 1.807) is 0 Å². The van der Waals surface area contributed by atoms with E-state index in [1.165, 1.54) is 0 Å². The fraction of sp³-hybridized carbons (Fsp3) is 0.571. The molecule has 0 saturated carbocycles. The molecule has 0 aromatic rings. The van der Waals surface area contributed by atoms with Crippen molar-refractivity contribution in [1.82, 2.24) is 10.6 Å². The Labute approximate surface area is 81.2 Å². The van der Waals surface area contributed by atoms with Crippen LogP contribution >= 0.6 is 0 Å². The van der Waals surface area contributed by atoms with Gasteiger partial charge in [-0.3, -0.25) is 20.2 Å². The van der Waals surface area contributed by atoms with Crippen molar-refractivity contribution in [3.8, 4) is 0 Å². The first-order valence-corrected chi connectivity index (χ1v) is 4.14. The quantitative estimate of drug-likeness (QED) is 0.420. The second-order valence-corrected chi connectivity index (χ2v) is 2.50. The Balaban J connectivity index is 3.75. The zero-order chi connectivity index (χ0) is 11.0. The van der Waals surface area contributed by atoms with Gasteiger partial charge in [0.15, 0.2) is 0 Å². The smallest absolute Gasteiger partial charge is 0.328 e. The lowest BCUT2D eigenvalue weighted by atomic mass is 10.4. The van der Waals surface area contributed by atoms with Gasteiger partial charge in [0.25, 0.3) is 0 Å². The van der Waals surface area contributed by atoms with Crippen molar-refractivity contribution in [2.24, 2.45) is 11.5 Å². The van der Waals surface area contributed by atoms with E-state index in [9.17, 15) is 14.4 Å². The highest BCUT2D eigenvalue weighted by molar-refractivity contribution is 6.02. The molecule has 80 valence electrons. The van der Waals surface area contributed by atoms with Crippen LogP contribution in [0.25, 0.3) is 0 Å². The first-order valence-electron chi connectivity index (χ1n) is 4.14. The second-order valence-electron chi connectivity index (χ2n) is 2.50. The molecule has 4 amide bonds. The Bertz CT molecular complexity index is 207. The van der Waals surface area contributed by atoms with Crippen LogP contribution in [0.5, 0.6) is 0 Å². The van der Waals surface area contributed by atoms with Gasteiger partial charge in [-0.2, -0.15) is 0 Å². The summed E-state index contributed by atoms with van der Waals surface area (Å²) in [5.41, 5.74) is 10.2. The van der Waals surface area contributed by atoms with Crippen molar-refractivity contribution in [2.45, 2.75) is 12.8 Å². The van der Waals surface area contributed by atoms with Gasteiger partial charge in [-0.25, -0.2) is 4.79 Å². The fourth-order valence-electron chi connectivity index (χ4n) is 0.672. The van der Waals surface area contributed by atoms with Gasteiger partial charge in [-0.05, 0) is 0 Å². The van der Waals surface area contributed by atoms with E-state index in [0.717, 1.165) is 0 Å². The Hall–Kier alpha value is -1.47. The molecule has 0 aromatic heterocycles. The van der Waals surface area contributed by atoms with Crippen molar-refractivity contribution in [3.05, 3.63) is 0 Å². The summed E-state index contributed by atoms with van der Waals surface area (Å²) >= 11 is 0. The molecule has 0 radical (unpaired) electrons. The van der Waals surface area contributed by atoms with Crippen LogP contribution in [-0.2, 0) is 9.59 Å². The molecule has 7 nitrogen and oxygen atoms in total. The predicted molar refractivity (Wildman–Crippen MR) is 49.0 cm³/mol. The topological polar surface area (TPSA) is 127 Å². The molecule has 0 unspecified atom stereocenters. The Morgan fingerprint density at radius 2 is 1.21 bits per heavy atom. The molecule has 7 heteroatoms. The minimum Gasteiger partial charge on any atom is -0.330 e. The second kappa shape index (κ2) is 6.98. The van der Waals surface area contributed by atoms with Crippen molar-refractivity contribution >= 4 is 17.8 Å². The number of carbonyl (C=O) groups is 3. The molecule has 0 rings (SSSR count). The van der Waals surface area contributed by atoms with Crippen LogP contribution in [-0.4, -0.2) is 30.9 Å². The Morgan fingerprint density at radius 1 is 0.857 bits per heavy atom. The highest BCUT2D eigenvalue weighted by Crippen LogP contribution is 1.78. The molecule has 6 N–H and O–H groups in total. The summed E-state index contributed by atoms with van der Waals surface area (Å²) in [5.74, 6) is -1.05. The number of carbonyl (C=O) groups excluding carboxylic acids is 3. The number of nitrogens with one attached hydrogen (secondary N) is 2. The van der Waals surface area contributed by atoms with Crippen molar-refractivity contribution in [2.75, 3.05) is 13.1 Å². The minimum atomic E-state index is -0.845. The summed E-state index contributed by atoms with van der Waals surface area (Å²) in [6.45, 7) is 0.297. The van der Waals surface area contributed by atoms with E-state index in [4.69, 9.17) is 11.5 Å². The van der Waals surface area contributed by atoms with Gasteiger partial charge in [0.1, 0.15) is 0 Å². The monoisotopic (exact) mass is 202 g/mol. The summed E-state index contributed by atoms with van der Waals surface area (Å²) in [5, 5.41) is 3.88. The third-order valence-electron chi connectivity index (χ3n) is 1.25. The molecule has 0 saturated heterocycles. The molecule has 0 atom stereocenters. The molecule has 0 bridgehead atoms. The summed E-state index contributed by atoms with van der Waals surface area (Å²) in [4.78, 5) is 32.5. The van der Waals surface area contributed by atoms with E-state index in [0.29, 0.717) is 0 Å². The van der Waals surface area contributed by atoms with Crippen molar-refractivity contribution in [1.29, 1.82) is 0 Å². The van der Waals surface area contributed by atoms with E-state index in [2.05, 4.69) is 0 Å². The number of imide groups is 2. The van der Waals surface area contributed by atoms with Crippen LogP contribution < -0.4 is 22.1 Å². The molecule has 14 heavy (non-hydrogen) atoms. The van der Waals surface area contributed by atoms with Gasteiger partial charge in [0.2, 0.25) is 11.8 Å². The molecule has 0 aliphatic carbocycles. The predicted octanol–water partition coefficient (Wildman–Crippen LogP) is -1.96. The van der Waals surface area contributed by atoms with Crippen LogP contribution in [0.4, 0.5) is 4.79 Å². The molecule has 0 heterocycles. The number of amides is 4. The van der Waals surface area contributed by atoms with Crippen LogP contribution in [0, 0.1) is 0 Å². The van der Waals surface area contributed by atoms with E-state index < -0.39 is 17.8 Å².